The number of hydrogen-bond donors (Lipinski definition) is 1. The van der Waals surface area contributed by atoms with Gasteiger partial charge in [0.15, 0.2) is 0 Å². The molecule has 1 aliphatic rings. The second-order valence-corrected chi connectivity index (χ2v) is 6.33. The van der Waals surface area contributed by atoms with Crippen molar-refractivity contribution in [2.75, 3.05) is 13.4 Å². The standard InChI is InChI=1S/C18H21BF2O8/c1-3-18(20,21)14(22)9-12-8-11-6-5-7-13(15(11)29-19(12)25)16(23)27-10-28-17(24)26-4-2/h5-7,12,25H,3-4,8-10H2,1-2H3/t12-/m1/s1. The monoisotopic (exact) mass is 414 g/mol. The molecule has 0 saturated carbocycles. The summed E-state index contributed by atoms with van der Waals surface area (Å²) in [5, 5.41) is 10.2. The summed E-state index contributed by atoms with van der Waals surface area (Å²) in [6.07, 6.45) is -2.14. The molecule has 0 unspecified atom stereocenters. The zero-order valence-electron chi connectivity index (χ0n) is 16.0. The van der Waals surface area contributed by atoms with Crippen LogP contribution in [-0.4, -0.2) is 49.4 Å². The zero-order chi connectivity index (χ0) is 21.6. The molecule has 1 aliphatic heterocycles. The molecule has 1 aromatic rings. The smallest absolute Gasteiger partial charge is 0.526 e. The van der Waals surface area contributed by atoms with E-state index in [0.29, 0.717) is 5.56 Å². The molecule has 8 nitrogen and oxygen atoms in total. The molecular formula is C18H21BF2O8. The van der Waals surface area contributed by atoms with Crippen molar-refractivity contribution in [3.8, 4) is 5.75 Å². The summed E-state index contributed by atoms with van der Waals surface area (Å²) in [7, 11) is -1.55. The molecule has 2 rings (SSSR count). The minimum absolute atomic E-state index is 0.0204. The maximum atomic E-state index is 13.5. The maximum absolute atomic E-state index is 13.5. The van der Waals surface area contributed by atoms with Gasteiger partial charge in [0, 0.05) is 18.7 Å². The number of ketones is 1. The van der Waals surface area contributed by atoms with Crippen molar-refractivity contribution in [2.45, 2.75) is 44.8 Å². The van der Waals surface area contributed by atoms with Gasteiger partial charge in [-0.1, -0.05) is 19.1 Å². The highest BCUT2D eigenvalue weighted by molar-refractivity contribution is 6.47. The molecule has 0 aliphatic carbocycles. The number of esters is 1. The first kappa shape index (κ1) is 22.6. The summed E-state index contributed by atoms with van der Waals surface area (Å²) in [5.74, 6) is -6.49. The molecule has 11 heteroatoms. The number of ether oxygens (including phenoxy) is 3. The number of para-hydroxylation sites is 1. The molecule has 0 fully saturated rings. The van der Waals surface area contributed by atoms with Crippen molar-refractivity contribution < 1.29 is 47.1 Å². The molecule has 158 valence electrons. The van der Waals surface area contributed by atoms with Crippen LogP contribution >= 0.6 is 0 Å². The van der Waals surface area contributed by atoms with E-state index < -0.39 is 56.4 Å². The molecule has 0 spiro atoms. The van der Waals surface area contributed by atoms with E-state index in [1.54, 1.807) is 13.0 Å². The Hall–Kier alpha value is -2.69. The third-order valence-corrected chi connectivity index (χ3v) is 4.37. The lowest BCUT2D eigenvalue weighted by Crippen LogP contribution is -2.38. The van der Waals surface area contributed by atoms with Gasteiger partial charge in [0.05, 0.1) is 6.61 Å². The van der Waals surface area contributed by atoms with Crippen molar-refractivity contribution in [1.29, 1.82) is 0 Å². The molecule has 1 heterocycles. The minimum atomic E-state index is -3.47. The predicted molar refractivity (Wildman–Crippen MR) is 95.7 cm³/mol. The Labute approximate surface area is 166 Å². The van der Waals surface area contributed by atoms with Gasteiger partial charge in [-0.3, -0.25) is 4.79 Å². The van der Waals surface area contributed by atoms with Crippen LogP contribution in [0.3, 0.4) is 0 Å². The molecule has 29 heavy (non-hydrogen) atoms. The lowest BCUT2D eigenvalue weighted by molar-refractivity contribution is -0.143. The van der Waals surface area contributed by atoms with Crippen LogP contribution in [0.4, 0.5) is 13.6 Å². The summed E-state index contributed by atoms with van der Waals surface area (Å²) in [6, 6.07) is 4.47. The second-order valence-electron chi connectivity index (χ2n) is 6.33. The van der Waals surface area contributed by atoms with Crippen LogP contribution < -0.4 is 4.65 Å². The molecule has 0 bridgehead atoms. The first-order valence-electron chi connectivity index (χ1n) is 9.04. The average Bonchev–Trinajstić information content (AvgIpc) is 2.68. The Morgan fingerprint density at radius 3 is 2.62 bits per heavy atom. The quantitative estimate of drug-likeness (QED) is 0.393. The minimum Gasteiger partial charge on any atom is -0.535 e. The lowest BCUT2D eigenvalue weighted by Gasteiger charge is -2.29. The number of hydrogen-bond acceptors (Lipinski definition) is 8. The first-order chi connectivity index (χ1) is 13.7. The van der Waals surface area contributed by atoms with Gasteiger partial charge in [0.2, 0.25) is 12.6 Å². The second kappa shape index (κ2) is 9.68. The number of Topliss-reactive ketones (excluding diaryl/α,β-unsaturated/α-hetero) is 1. The highest BCUT2D eigenvalue weighted by Crippen LogP contribution is 2.38. The Morgan fingerprint density at radius 1 is 1.24 bits per heavy atom. The molecule has 0 amide bonds. The molecule has 0 radical (unpaired) electrons. The van der Waals surface area contributed by atoms with Crippen LogP contribution in [-0.2, 0) is 25.4 Å². The van der Waals surface area contributed by atoms with Gasteiger partial charge in [-0.15, -0.1) is 0 Å². The number of halogens is 2. The highest BCUT2D eigenvalue weighted by Gasteiger charge is 2.43. The lowest BCUT2D eigenvalue weighted by atomic mass is 9.64. The van der Waals surface area contributed by atoms with Crippen LogP contribution in [0.25, 0.3) is 0 Å². The van der Waals surface area contributed by atoms with Gasteiger partial charge in [-0.25, -0.2) is 9.59 Å². The fourth-order valence-corrected chi connectivity index (χ4v) is 2.77. The molecule has 0 aromatic heterocycles. The molecule has 1 N–H and O–H groups in total. The van der Waals surface area contributed by atoms with Crippen molar-refractivity contribution in [1.82, 2.24) is 0 Å². The largest absolute Gasteiger partial charge is 0.535 e. The number of carbonyl (C=O) groups excluding carboxylic acids is 3. The van der Waals surface area contributed by atoms with Crippen molar-refractivity contribution in [3.63, 3.8) is 0 Å². The summed E-state index contributed by atoms with van der Waals surface area (Å²) >= 11 is 0. The van der Waals surface area contributed by atoms with E-state index in [4.69, 9.17) is 9.39 Å². The molecule has 0 saturated heterocycles. The zero-order valence-corrected chi connectivity index (χ0v) is 16.0. The van der Waals surface area contributed by atoms with Gasteiger partial charge < -0.3 is 23.9 Å². The Morgan fingerprint density at radius 2 is 1.97 bits per heavy atom. The van der Waals surface area contributed by atoms with E-state index in [1.165, 1.54) is 19.1 Å². The van der Waals surface area contributed by atoms with Gasteiger partial charge in [0.1, 0.15) is 11.3 Å². The molecular weight excluding hydrogens is 393 g/mol. The Kier molecular flexibility index (Phi) is 7.55. The van der Waals surface area contributed by atoms with Crippen LogP contribution in [0.2, 0.25) is 5.82 Å². The third-order valence-electron chi connectivity index (χ3n) is 4.37. The van der Waals surface area contributed by atoms with Crippen LogP contribution in [0, 0.1) is 0 Å². The first-order valence-corrected chi connectivity index (χ1v) is 9.04. The summed E-state index contributed by atoms with van der Waals surface area (Å²) in [4.78, 5) is 35.1. The maximum Gasteiger partial charge on any atom is 0.526 e. The van der Waals surface area contributed by atoms with E-state index in [0.717, 1.165) is 0 Å². The average molecular weight is 414 g/mol. The number of alkyl halides is 2. The summed E-state index contributed by atoms with van der Waals surface area (Å²) in [5.41, 5.74) is 0.409. The van der Waals surface area contributed by atoms with E-state index in [-0.39, 0.29) is 24.3 Å². The topological polar surface area (TPSA) is 108 Å². The van der Waals surface area contributed by atoms with Crippen molar-refractivity contribution >= 4 is 25.0 Å². The highest BCUT2D eigenvalue weighted by atomic mass is 19.3. The number of benzene rings is 1. The third kappa shape index (κ3) is 5.66. The Bertz CT molecular complexity index is 770. The normalized spacial score (nSPS) is 15.8. The fourth-order valence-electron chi connectivity index (χ4n) is 2.77. The van der Waals surface area contributed by atoms with Crippen LogP contribution in [0.5, 0.6) is 5.75 Å². The van der Waals surface area contributed by atoms with Crippen molar-refractivity contribution in [3.05, 3.63) is 29.3 Å². The molecule has 1 atom stereocenters. The van der Waals surface area contributed by atoms with Gasteiger partial charge >= 0.3 is 25.2 Å². The predicted octanol–water partition coefficient (Wildman–Crippen LogP) is 2.76. The van der Waals surface area contributed by atoms with Gasteiger partial charge in [0.25, 0.3) is 0 Å². The van der Waals surface area contributed by atoms with E-state index in [9.17, 15) is 28.2 Å². The number of carbonyl (C=O) groups is 3. The van der Waals surface area contributed by atoms with Crippen LogP contribution in [0.1, 0.15) is 42.6 Å². The molecule has 1 aromatic carbocycles. The van der Waals surface area contributed by atoms with Gasteiger partial charge in [-0.2, -0.15) is 8.78 Å². The number of rotatable bonds is 8. The fraction of sp³-hybridized carbons (Fsp3) is 0.500. The van der Waals surface area contributed by atoms with E-state index in [1.807, 2.05) is 0 Å². The van der Waals surface area contributed by atoms with Gasteiger partial charge in [-0.05, 0) is 25.0 Å². The van der Waals surface area contributed by atoms with Crippen LogP contribution in [0.15, 0.2) is 18.2 Å². The number of fused-ring (bicyclic) bond motifs is 1. The Balaban J connectivity index is 2.06. The van der Waals surface area contributed by atoms with Crippen molar-refractivity contribution in [2.24, 2.45) is 0 Å². The summed E-state index contributed by atoms with van der Waals surface area (Å²) in [6.45, 7) is 2.19. The van der Waals surface area contributed by atoms with E-state index in [2.05, 4.69) is 9.47 Å². The SMILES string of the molecule is CCOC(=O)OCOC(=O)c1cccc2c1OB(O)[C@@H](CC(=O)C(F)(F)CC)C2. The van der Waals surface area contributed by atoms with E-state index >= 15 is 0 Å². The summed E-state index contributed by atoms with van der Waals surface area (Å²) < 4.78 is 46.3.